The molecule has 0 aromatic rings. The summed E-state index contributed by atoms with van der Waals surface area (Å²) in [7, 11) is 0. The van der Waals surface area contributed by atoms with E-state index in [9.17, 15) is 146 Å². The number of alkyl halides is 31. The molecule has 0 aliphatic carbocycles. The third-order valence-corrected chi connectivity index (χ3v) is 5.74. The fourth-order valence-electron chi connectivity index (χ4n) is 2.67. The summed E-state index contributed by atoms with van der Waals surface area (Å²) in [5.41, 5.74) is 0. The van der Waals surface area contributed by atoms with Crippen molar-refractivity contribution in [2.24, 2.45) is 0 Å². The molecule has 0 aromatic carbocycles. The summed E-state index contributed by atoms with van der Waals surface area (Å²) in [5, 5.41) is 9.81. The first kappa shape index (κ1) is 50.0. The van der Waals surface area contributed by atoms with Crippen molar-refractivity contribution in [3.05, 3.63) is 0 Å². The van der Waals surface area contributed by atoms with Crippen molar-refractivity contribution < 1.29 is 165 Å². The van der Waals surface area contributed by atoms with E-state index < -0.39 is 95.1 Å². The number of carboxylic acids is 1. The van der Waals surface area contributed by atoms with Gasteiger partial charge in [-0.25, -0.2) is 0 Å². The second-order valence-corrected chi connectivity index (χ2v) is 8.83. The minimum Gasteiger partial charge on any atom is -0.544 e. The fourth-order valence-corrected chi connectivity index (χ4v) is 2.67. The molecule has 0 aliphatic heterocycles. The maximum Gasteiger partial charge on any atom is 1.00 e. The van der Waals surface area contributed by atoms with Gasteiger partial charge in [-0.15, -0.1) is 0 Å². The van der Waals surface area contributed by atoms with Crippen molar-refractivity contribution in [1.82, 2.24) is 0 Å². The minimum absolute atomic E-state index is 0. The summed E-state index contributed by atoms with van der Waals surface area (Å²) in [5.74, 6) is -139. The van der Waals surface area contributed by atoms with Gasteiger partial charge in [0.15, 0.2) is 0 Å². The predicted octanol–water partition coefficient (Wildman–Crippen LogP) is 5.20. The Morgan fingerprint density at radius 2 is 0.380 bits per heavy atom. The van der Waals surface area contributed by atoms with Gasteiger partial charge >= 0.3 is 108 Å². The van der Waals surface area contributed by atoms with Crippen LogP contribution in [0.15, 0.2) is 0 Å². The van der Waals surface area contributed by atoms with E-state index in [1.165, 1.54) is 0 Å². The molecule has 0 aromatic heterocycles. The average Bonchev–Trinajstić information content (AvgIpc) is 2.86. The number of rotatable bonds is 14. The Morgan fingerprint density at radius 3 is 0.500 bits per heavy atom. The van der Waals surface area contributed by atoms with Crippen molar-refractivity contribution in [2.75, 3.05) is 0 Å². The molecule has 0 saturated carbocycles. The summed E-state index contributed by atoms with van der Waals surface area (Å²) < 4.78 is 410. The van der Waals surface area contributed by atoms with Gasteiger partial charge < -0.3 is 9.90 Å². The molecule has 2 nitrogen and oxygen atoms in total. The first-order valence-corrected chi connectivity index (χ1v) is 10.0. The third kappa shape index (κ3) is 5.48. The molecule has 0 spiro atoms. The molecule has 294 valence electrons. The number of aliphatic carboxylic acids is 1. The van der Waals surface area contributed by atoms with Crippen LogP contribution in [0.5, 0.6) is 0 Å². The van der Waals surface area contributed by atoms with E-state index in [0.29, 0.717) is 0 Å². The molecule has 0 saturated heterocycles. The topological polar surface area (TPSA) is 40.1 Å². The summed E-state index contributed by atoms with van der Waals surface area (Å²) >= 11 is 0. The number of halogens is 31. The Balaban J connectivity index is 0. The number of hydrogen-bond donors (Lipinski definition) is 0. The zero-order valence-corrected chi connectivity index (χ0v) is 21.5. The summed E-state index contributed by atoms with van der Waals surface area (Å²) in [6.45, 7) is 0. The molecule has 0 aliphatic rings. The molecule has 0 fully saturated rings. The Kier molecular flexibility index (Phi) is 12.0. The molecular formula is C16F31LiO2. The molecule has 0 radical (unpaired) electrons. The summed E-state index contributed by atoms with van der Waals surface area (Å²) in [6.07, 6.45) is -8.37. The van der Waals surface area contributed by atoms with Crippen LogP contribution in [-0.2, 0) is 4.79 Å². The van der Waals surface area contributed by atoms with Gasteiger partial charge in [-0.2, -0.15) is 136 Å². The zero-order chi connectivity index (χ0) is 41.1. The molecule has 0 rings (SSSR count). The molecule has 0 atom stereocenters. The van der Waals surface area contributed by atoms with Crippen molar-refractivity contribution >= 4 is 5.97 Å². The third-order valence-electron chi connectivity index (χ3n) is 5.74. The molecule has 0 N–H and O–H groups in total. The van der Waals surface area contributed by atoms with Gasteiger partial charge in [0.1, 0.15) is 5.97 Å². The van der Waals surface area contributed by atoms with Gasteiger partial charge in [0.25, 0.3) is 0 Å². The SMILES string of the molecule is O=C([O-])C(F)(F)C(F)(F)C(F)(F)C(F)(F)C(F)(F)C(F)(F)C(F)(F)C(F)(F)C(F)(F)C(F)(F)C(F)(F)C(F)(F)C(F)(F)C(F)(F)C(F)(F)F.[Li+]. The molecule has 0 heterocycles. The van der Waals surface area contributed by atoms with Gasteiger partial charge in [0.05, 0.1) is 0 Å². The van der Waals surface area contributed by atoms with Crippen LogP contribution >= 0.6 is 0 Å². The zero-order valence-electron chi connectivity index (χ0n) is 21.5. The summed E-state index contributed by atoms with van der Waals surface area (Å²) in [6, 6.07) is 0. The van der Waals surface area contributed by atoms with E-state index in [0.717, 1.165) is 0 Å². The van der Waals surface area contributed by atoms with E-state index >= 15 is 0 Å². The maximum absolute atomic E-state index is 13.7. The van der Waals surface area contributed by atoms with Crippen LogP contribution in [-0.4, -0.2) is 95.1 Å². The first-order valence-electron chi connectivity index (χ1n) is 10.0. The van der Waals surface area contributed by atoms with Crippen LogP contribution in [0.4, 0.5) is 136 Å². The van der Waals surface area contributed by atoms with Crippen LogP contribution in [0.25, 0.3) is 0 Å². The van der Waals surface area contributed by atoms with Gasteiger partial charge in [-0.1, -0.05) is 0 Å². The van der Waals surface area contributed by atoms with Crippen molar-refractivity contribution in [3.8, 4) is 0 Å². The average molecular weight is 820 g/mol. The van der Waals surface area contributed by atoms with Crippen LogP contribution in [0.1, 0.15) is 0 Å². The maximum atomic E-state index is 13.7. The van der Waals surface area contributed by atoms with E-state index in [2.05, 4.69) is 0 Å². The van der Waals surface area contributed by atoms with Crippen LogP contribution in [0.3, 0.4) is 0 Å². The van der Waals surface area contributed by atoms with Gasteiger partial charge in [0.2, 0.25) is 0 Å². The fraction of sp³-hybridized carbons (Fsp3) is 0.938. The Labute approximate surface area is 261 Å². The molecule has 0 amide bonds. The molecule has 34 heteroatoms. The second kappa shape index (κ2) is 12.0. The normalized spacial score (nSPS) is 16.7. The minimum atomic E-state index is -10.2. The largest absolute Gasteiger partial charge is 1.00 e. The molecule has 50 heavy (non-hydrogen) atoms. The number of carboxylic acid groups (broad SMARTS) is 1. The summed E-state index contributed by atoms with van der Waals surface area (Å²) in [4.78, 5) is 9.81. The van der Waals surface area contributed by atoms with Crippen molar-refractivity contribution in [3.63, 3.8) is 0 Å². The van der Waals surface area contributed by atoms with Crippen molar-refractivity contribution in [1.29, 1.82) is 0 Å². The standard InChI is InChI=1S/C16HF31O2.Li/c17-2(18,1(48)49)3(19,20)4(21,22)5(23,24)6(25,26)7(27,28)8(29,30)9(31,32)10(33,34)11(35,36)12(37,38)13(39,40)14(41,42)15(43,44)16(45,46)47;/h(H,48,49);/q;+1/p-1. The Bertz CT molecular complexity index is 1260. The van der Waals surface area contributed by atoms with Crippen LogP contribution in [0, 0.1) is 0 Å². The van der Waals surface area contributed by atoms with Crippen LogP contribution in [0.2, 0.25) is 0 Å². The van der Waals surface area contributed by atoms with Gasteiger partial charge in [-0.3, -0.25) is 0 Å². The smallest absolute Gasteiger partial charge is 0.544 e. The Hall–Kier alpha value is -2.10. The van der Waals surface area contributed by atoms with Gasteiger partial charge in [-0.05, 0) is 0 Å². The van der Waals surface area contributed by atoms with Crippen LogP contribution < -0.4 is 24.0 Å². The predicted molar refractivity (Wildman–Crippen MR) is 80.3 cm³/mol. The van der Waals surface area contributed by atoms with Gasteiger partial charge in [0, 0.05) is 0 Å². The van der Waals surface area contributed by atoms with E-state index in [4.69, 9.17) is 0 Å². The molecule has 0 bridgehead atoms. The molecule has 0 unspecified atom stereocenters. The number of carbonyl (C=O) groups is 1. The monoisotopic (exact) mass is 820 g/mol. The van der Waals surface area contributed by atoms with E-state index in [1.54, 1.807) is 0 Å². The molecular weight excluding hydrogens is 820 g/mol. The number of carbonyl (C=O) groups excluding carboxylic acids is 1. The van der Waals surface area contributed by atoms with E-state index in [1.807, 2.05) is 0 Å². The second-order valence-electron chi connectivity index (χ2n) is 8.83. The number of hydrogen-bond acceptors (Lipinski definition) is 2. The van der Waals surface area contributed by atoms with Crippen molar-refractivity contribution in [2.45, 2.75) is 89.1 Å². The Morgan fingerprint density at radius 1 is 0.260 bits per heavy atom. The van der Waals surface area contributed by atoms with E-state index in [-0.39, 0.29) is 18.9 Å². The first-order chi connectivity index (χ1) is 20.4. The quantitative estimate of drug-likeness (QED) is 0.179.